The van der Waals surface area contributed by atoms with Crippen molar-refractivity contribution in [3.05, 3.63) is 27.1 Å². The number of likely N-dealkylation sites (N-methyl/N-ethyl adjacent to an activating group) is 1. The monoisotopic (exact) mass is 349 g/mol. The van der Waals surface area contributed by atoms with Gasteiger partial charge in [-0.2, -0.15) is 0 Å². The number of hydrogen-bond donors (Lipinski definition) is 1. The van der Waals surface area contributed by atoms with E-state index in [1.807, 2.05) is 25.1 Å². The summed E-state index contributed by atoms with van der Waals surface area (Å²) in [6.07, 6.45) is -0.502. The van der Waals surface area contributed by atoms with Crippen LogP contribution in [0.25, 0.3) is 0 Å². The topological polar surface area (TPSA) is 38.3 Å². The average Bonchev–Trinajstić information content (AvgIpc) is 2.22. The molecule has 0 saturated heterocycles. The molecule has 0 bridgehead atoms. The van der Waals surface area contributed by atoms with E-state index in [1.54, 1.807) is 6.92 Å². The summed E-state index contributed by atoms with van der Waals surface area (Å²) in [7, 11) is 0. The van der Waals surface area contributed by atoms with Gasteiger partial charge in [0.05, 0.1) is 4.47 Å². The highest BCUT2D eigenvalue weighted by Gasteiger charge is 2.14. The van der Waals surface area contributed by atoms with Crippen molar-refractivity contribution in [3.63, 3.8) is 0 Å². The second-order valence-electron chi connectivity index (χ2n) is 3.23. The zero-order valence-corrected chi connectivity index (χ0v) is 12.3. The summed E-state index contributed by atoms with van der Waals surface area (Å²) in [6.45, 7) is 4.20. The van der Waals surface area contributed by atoms with Gasteiger partial charge in [0.15, 0.2) is 6.10 Å². The van der Waals surface area contributed by atoms with Crippen molar-refractivity contribution in [2.45, 2.75) is 20.0 Å². The third-order valence-corrected chi connectivity index (χ3v) is 3.03. The first-order valence-corrected chi connectivity index (χ1v) is 6.52. The zero-order valence-electron chi connectivity index (χ0n) is 9.09. The molecule has 0 fully saturated rings. The third kappa shape index (κ3) is 3.79. The number of nitrogens with one attached hydrogen (secondary N) is 1. The van der Waals surface area contributed by atoms with Gasteiger partial charge >= 0.3 is 0 Å². The quantitative estimate of drug-likeness (QED) is 0.906. The molecule has 0 aromatic heterocycles. The van der Waals surface area contributed by atoms with Gasteiger partial charge in [-0.05, 0) is 48.0 Å². The molecule has 0 aliphatic heterocycles. The van der Waals surface area contributed by atoms with Crippen LogP contribution in [0.15, 0.2) is 27.1 Å². The van der Waals surface area contributed by atoms with E-state index in [4.69, 9.17) is 4.74 Å². The van der Waals surface area contributed by atoms with Gasteiger partial charge in [-0.15, -0.1) is 0 Å². The van der Waals surface area contributed by atoms with E-state index in [-0.39, 0.29) is 5.91 Å². The van der Waals surface area contributed by atoms with E-state index in [0.717, 1.165) is 8.95 Å². The Bertz CT molecular complexity index is 382. The summed E-state index contributed by atoms with van der Waals surface area (Å²) in [5.41, 5.74) is 0. The number of carbonyl (C=O) groups is 1. The first-order valence-electron chi connectivity index (χ1n) is 4.94. The van der Waals surface area contributed by atoms with Gasteiger partial charge in [0.2, 0.25) is 0 Å². The van der Waals surface area contributed by atoms with Crippen molar-refractivity contribution in [2.75, 3.05) is 6.54 Å². The van der Waals surface area contributed by atoms with Crippen molar-refractivity contribution in [3.8, 4) is 5.75 Å². The molecule has 16 heavy (non-hydrogen) atoms. The lowest BCUT2D eigenvalue weighted by Gasteiger charge is -2.15. The van der Waals surface area contributed by atoms with Crippen LogP contribution in [0, 0.1) is 0 Å². The summed E-state index contributed by atoms with van der Waals surface area (Å²) in [4.78, 5) is 11.5. The van der Waals surface area contributed by atoms with E-state index in [1.165, 1.54) is 0 Å². The molecule has 0 heterocycles. The van der Waals surface area contributed by atoms with Gasteiger partial charge < -0.3 is 10.1 Å². The molecule has 3 nitrogen and oxygen atoms in total. The van der Waals surface area contributed by atoms with Crippen molar-refractivity contribution in [1.82, 2.24) is 5.32 Å². The molecular formula is C11H13Br2NO2. The fourth-order valence-electron chi connectivity index (χ4n) is 1.13. The molecule has 0 aliphatic carbocycles. The average molecular weight is 351 g/mol. The van der Waals surface area contributed by atoms with Crippen molar-refractivity contribution in [1.29, 1.82) is 0 Å². The van der Waals surface area contributed by atoms with Crippen LogP contribution in [-0.2, 0) is 4.79 Å². The molecule has 0 saturated carbocycles. The first kappa shape index (κ1) is 13.5. The smallest absolute Gasteiger partial charge is 0.260 e. The number of halogens is 2. The van der Waals surface area contributed by atoms with Crippen LogP contribution in [0.1, 0.15) is 13.8 Å². The maximum absolute atomic E-state index is 11.5. The molecule has 5 heteroatoms. The molecule has 0 aliphatic rings. The lowest BCUT2D eigenvalue weighted by molar-refractivity contribution is -0.127. The number of amides is 1. The molecule has 1 rings (SSSR count). The van der Waals surface area contributed by atoms with Crippen molar-refractivity contribution >= 4 is 37.8 Å². The molecule has 88 valence electrons. The van der Waals surface area contributed by atoms with Gasteiger partial charge in [-0.25, -0.2) is 0 Å². The number of carbonyl (C=O) groups excluding carboxylic acids is 1. The Hall–Kier alpha value is -0.550. The van der Waals surface area contributed by atoms with Gasteiger partial charge in [0.25, 0.3) is 5.91 Å². The van der Waals surface area contributed by atoms with Crippen LogP contribution in [0.3, 0.4) is 0 Å². The molecule has 0 unspecified atom stereocenters. The van der Waals surface area contributed by atoms with E-state index in [0.29, 0.717) is 12.3 Å². The molecule has 1 aromatic carbocycles. The Labute approximate surface area is 112 Å². The maximum atomic E-state index is 11.5. The van der Waals surface area contributed by atoms with Crippen LogP contribution in [0.4, 0.5) is 0 Å². The molecule has 1 aromatic rings. The number of hydrogen-bond acceptors (Lipinski definition) is 2. The Morgan fingerprint density at radius 3 is 2.75 bits per heavy atom. The standard InChI is InChI=1S/C11H13Br2NO2/c1-3-14-11(15)7(2)16-10-5-4-8(12)6-9(10)13/h4-7H,3H2,1-2H3,(H,14,15)/t7-/m1/s1. The molecule has 1 N–H and O–H groups in total. The fourth-order valence-corrected chi connectivity index (χ4v) is 2.27. The van der Waals surface area contributed by atoms with Gasteiger partial charge in [-0.1, -0.05) is 15.9 Å². The van der Waals surface area contributed by atoms with E-state index in [9.17, 15) is 4.79 Å². The molecule has 0 radical (unpaired) electrons. The van der Waals surface area contributed by atoms with Crippen LogP contribution >= 0.6 is 31.9 Å². The zero-order chi connectivity index (χ0) is 12.1. The highest BCUT2D eigenvalue weighted by molar-refractivity contribution is 9.11. The SMILES string of the molecule is CCNC(=O)[C@@H](C)Oc1ccc(Br)cc1Br. The largest absolute Gasteiger partial charge is 0.480 e. The first-order chi connectivity index (χ1) is 7.54. The third-order valence-electron chi connectivity index (χ3n) is 1.92. The van der Waals surface area contributed by atoms with Crippen LogP contribution in [-0.4, -0.2) is 18.6 Å². The highest BCUT2D eigenvalue weighted by Crippen LogP contribution is 2.28. The molecule has 0 spiro atoms. The Kier molecular flexibility index (Phi) is 5.28. The molecular weight excluding hydrogens is 338 g/mol. The summed E-state index contributed by atoms with van der Waals surface area (Å²) in [6, 6.07) is 5.55. The summed E-state index contributed by atoms with van der Waals surface area (Å²) in [5.74, 6) is 0.541. The van der Waals surface area contributed by atoms with Crippen molar-refractivity contribution in [2.24, 2.45) is 0 Å². The summed E-state index contributed by atoms with van der Waals surface area (Å²) < 4.78 is 7.31. The molecule has 1 atom stereocenters. The molecule has 1 amide bonds. The van der Waals surface area contributed by atoms with Crippen LogP contribution in [0.2, 0.25) is 0 Å². The van der Waals surface area contributed by atoms with Gasteiger partial charge in [0, 0.05) is 11.0 Å². The fraction of sp³-hybridized carbons (Fsp3) is 0.364. The minimum atomic E-state index is -0.502. The lowest BCUT2D eigenvalue weighted by atomic mass is 10.3. The number of rotatable bonds is 4. The minimum Gasteiger partial charge on any atom is -0.480 e. The van der Waals surface area contributed by atoms with Crippen LogP contribution in [0.5, 0.6) is 5.75 Å². The highest BCUT2D eigenvalue weighted by atomic mass is 79.9. The van der Waals surface area contributed by atoms with Gasteiger partial charge in [0.1, 0.15) is 5.75 Å². The maximum Gasteiger partial charge on any atom is 0.260 e. The number of ether oxygens (including phenoxy) is 1. The van der Waals surface area contributed by atoms with Gasteiger partial charge in [-0.3, -0.25) is 4.79 Å². The lowest BCUT2D eigenvalue weighted by Crippen LogP contribution is -2.36. The second-order valence-corrected chi connectivity index (χ2v) is 5.00. The van der Waals surface area contributed by atoms with E-state index in [2.05, 4.69) is 37.2 Å². The summed E-state index contributed by atoms with van der Waals surface area (Å²) >= 11 is 6.73. The Morgan fingerprint density at radius 2 is 2.19 bits per heavy atom. The minimum absolute atomic E-state index is 0.114. The predicted molar refractivity (Wildman–Crippen MR) is 70.6 cm³/mol. The van der Waals surface area contributed by atoms with Crippen molar-refractivity contribution < 1.29 is 9.53 Å². The predicted octanol–water partition coefficient (Wildman–Crippen LogP) is 3.12. The Balaban J connectivity index is 2.69. The van der Waals surface area contributed by atoms with E-state index >= 15 is 0 Å². The Morgan fingerprint density at radius 1 is 1.50 bits per heavy atom. The summed E-state index contributed by atoms with van der Waals surface area (Å²) in [5, 5.41) is 2.71. The number of benzene rings is 1. The van der Waals surface area contributed by atoms with E-state index < -0.39 is 6.10 Å². The normalized spacial score (nSPS) is 12.0. The second kappa shape index (κ2) is 6.25. The van der Waals surface area contributed by atoms with Crippen LogP contribution < -0.4 is 10.1 Å².